The molecule has 0 spiro atoms. The molecule has 0 bridgehead atoms. The Balaban J connectivity index is 1.87. The van der Waals surface area contributed by atoms with E-state index in [0.717, 1.165) is 6.42 Å². The molecule has 0 saturated heterocycles. The highest BCUT2D eigenvalue weighted by atomic mass is 32.2. The molecule has 0 aliphatic heterocycles. The second-order valence-corrected chi connectivity index (χ2v) is 7.59. The van der Waals surface area contributed by atoms with E-state index in [0.29, 0.717) is 11.3 Å². The van der Waals surface area contributed by atoms with Gasteiger partial charge in [0.05, 0.1) is 6.61 Å². The Bertz CT molecular complexity index is 402. The fourth-order valence-electron chi connectivity index (χ4n) is 2.41. The first-order valence-electron chi connectivity index (χ1n) is 7.13. The first-order chi connectivity index (χ1) is 9.00. The van der Waals surface area contributed by atoms with Crippen LogP contribution in [0.15, 0.2) is 29.2 Å². The van der Waals surface area contributed by atoms with Crippen molar-refractivity contribution in [2.75, 3.05) is 6.61 Å². The van der Waals surface area contributed by atoms with Crippen LogP contribution < -0.4 is 5.32 Å². The average Bonchev–Trinajstić information content (AvgIpc) is 3.15. The monoisotopic (exact) mass is 279 g/mol. The summed E-state index contributed by atoms with van der Waals surface area (Å²) in [5.74, 6) is 0. The predicted octanol–water partition coefficient (Wildman–Crippen LogP) is 3.37. The van der Waals surface area contributed by atoms with Crippen molar-refractivity contribution >= 4 is 11.8 Å². The van der Waals surface area contributed by atoms with Gasteiger partial charge in [-0.25, -0.2) is 0 Å². The minimum atomic E-state index is -0.141. The topological polar surface area (TPSA) is 32.3 Å². The highest BCUT2D eigenvalue weighted by Gasteiger charge is 2.33. The number of aryl methyl sites for hydroxylation is 1. The van der Waals surface area contributed by atoms with Gasteiger partial charge < -0.3 is 10.4 Å². The molecule has 1 aromatic carbocycles. The van der Waals surface area contributed by atoms with Crippen LogP contribution in [0.4, 0.5) is 0 Å². The number of nitrogens with one attached hydrogen (secondary N) is 1. The third kappa shape index (κ3) is 4.83. The molecule has 0 heterocycles. The molecule has 106 valence electrons. The van der Waals surface area contributed by atoms with Gasteiger partial charge in [0.1, 0.15) is 0 Å². The lowest BCUT2D eigenvalue weighted by molar-refractivity contribution is 0.164. The molecule has 1 saturated carbocycles. The van der Waals surface area contributed by atoms with Gasteiger partial charge in [-0.3, -0.25) is 0 Å². The number of thioether (sulfide) groups is 1. The zero-order chi connectivity index (χ0) is 13.9. The lowest BCUT2D eigenvalue weighted by Crippen LogP contribution is -2.48. The van der Waals surface area contributed by atoms with E-state index in [9.17, 15) is 5.11 Å². The smallest absolute Gasteiger partial charge is 0.0611 e. The first-order valence-corrected chi connectivity index (χ1v) is 8.00. The van der Waals surface area contributed by atoms with Crippen molar-refractivity contribution in [1.82, 2.24) is 5.32 Å². The van der Waals surface area contributed by atoms with Crippen LogP contribution in [0, 0.1) is 6.92 Å². The summed E-state index contributed by atoms with van der Waals surface area (Å²) in [5.41, 5.74) is 1.16. The van der Waals surface area contributed by atoms with Gasteiger partial charge in [0.15, 0.2) is 0 Å². The Hall–Kier alpha value is -0.510. The van der Waals surface area contributed by atoms with E-state index in [1.54, 1.807) is 0 Å². The molecule has 19 heavy (non-hydrogen) atoms. The van der Waals surface area contributed by atoms with Crippen LogP contribution in [-0.2, 0) is 0 Å². The summed E-state index contributed by atoms with van der Waals surface area (Å²) >= 11 is 1.89. The molecule has 1 aliphatic carbocycles. The molecular weight excluding hydrogens is 254 g/mol. The number of hydrogen-bond donors (Lipinski definition) is 2. The quantitative estimate of drug-likeness (QED) is 0.751. The number of aliphatic hydroxyl groups is 1. The van der Waals surface area contributed by atoms with E-state index in [2.05, 4.69) is 50.4 Å². The Labute approximate surface area is 121 Å². The van der Waals surface area contributed by atoms with E-state index >= 15 is 0 Å². The first kappa shape index (κ1) is 14.9. The van der Waals surface area contributed by atoms with Crippen LogP contribution in [-0.4, -0.2) is 28.5 Å². The molecule has 1 fully saturated rings. The maximum absolute atomic E-state index is 9.64. The average molecular weight is 279 g/mol. The van der Waals surface area contributed by atoms with Crippen molar-refractivity contribution in [1.29, 1.82) is 0 Å². The van der Waals surface area contributed by atoms with E-state index in [1.807, 2.05) is 11.8 Å². The summed E-state index contributed by atoms with van der Waals surface area (Å²) in [6, 6.07) is 9.31. The number of aliphatic hydroxyl groups excluding tert-OH is 1. The van der Waals surface area contributed by atoms with Crippen LogP contribution >= 0.6 is 11.8 Å². The normalized spacial score (nSPS) is 20.0. The van der Waals surface area contributed by atoms with Crippen LogP contribution in [0.2, 0.25) is 0 Å². The Morgan fingerprint density at radius 2 is 2.00 bits per heavy atom. The molecule has 1 aliphatic rings. The van der Waals surface area contributed by atoms with Crippen LogP contribution in [0.5, 0.6) is 0 Å². The van der Waals surface area contributed by atoms with Crippen LogP contribution in [0.25, 0.3) is 0 Å². The molecule has 0 amide bonds. The van der Waals surface area contributed by atoms with Crippen LogP contribution in [0.3, 0.4) is 0 Å². The van der Waals surface area contributed by atoms with Gasteiger partial charge in [-0.15, -0.1) is 11.8 Å². The van der Waals surface area contributed by atoms with Gasteiger partial charge in [-0.1, -0.05) is 24.6 Å². The Morgan fingerprint density at radius 1 is 1.37 bits per heavy atom. The highest BCUT2D eigenvalue weighted by molar-refractivity contribution is 7.99. The molecule has 2 nitrogen and oxygen atoms in total. The van der Waals surface area contributed by atoms with Gasteiger partial charge in [0.2, 0.25) is 0 Å². The van der Waals surface area contributed by atoms with Crippen molar-refractivity contribution in [2.45, 2.75) is 61.8 Å². The maximum Gasteiger partial charge on any atom is 0.0611 e. The summed E-state index contributed by atoms with van der Waals surface area (Å²) in [5, 5.41) is 13.7. The van der Waals surface area contributed by atoms with Gasteiger partial charge >= 0.3 is 0 Å². The number of hydrogen-bond acceptors (Lipinski definition) is 3. The summed E-state index contributed by atoms with van der Waals surface area (Å²) < 4.78 is 0. The number of rotatable bonds is 7. The van der Waals surface area contributed by atoms with Crippen molar-refractivity contribution in [3.63, 3.8) is 0 Å². The molecule has 2 unspecified atom stereocenters. The Kier molecular flexibility index (Phi) is 4.93. The van der Waals surface area contributed by atoms with Gasteiger partial charge in [-0.2, -0.15) is 0 Å². The zero-order valence-corrected chi connectivity index (χ0v) is 13.0. The molecule has 2 rings (SSSR count). The van der Waals surface area contributed by atoms with E-state index < -0.39 is 0 Å². The molecular formula is C16H25NOS. The van der Waals surface area contributed by atoms with Crippen molar-refractivity contribution in [2.24, 2.45) is 0 Å². The minimum Gasteiger partial charge on any atom is -0.394 e. The molecule has 2 N–H and O–H groups in total. The third-order valence-electron chi connectivity index (χ3n) is 3.58. The molecule has 0 radical (unpaired) electrons. The van der Waals surface area contributed by atoms with Crippen molar-refractivity contribution < 1.29 is 5.11 Å². The van der Waals surface area contributed by atoms with Gasteiger partial charge in [0.25, 0.3) is 0 Å². The second-order valence-electron chi connectivity index (χ2n) is 6.08. The number of benzene rings is 1. The van der Waals surface area contributed by atoms with E-state index in [-0.39, 0.29) is 12.1 Å². The van der Waals surface area contributed by atoms with Crippen LogP contribution in [0.1, 0.15) is 38.7 Å². The molecule has 2 atom stereocenters. The zero-order valence-electron chi connectivity index (χ0n) is 12.1. The van der Waals surface area contributed by atoms with E-state index in [1.165, 1.54) is 23.3 Å². The maximum atomic E-state index is 9.64. The molecule has 3 heteroatoms. The third-order valence-corrected chi connectivity index (χ3v) is 4.69. The summed E-state index contributed by atoms with van der Waals surface area (Å²) in [4.78, 5) is 1.31. The molecule has 0 aromatic heterocycles. The fourth-order valence-corrected chi connectivity index (χ4v) is 3.62. The fraction of sp³-hybridized carbons (Fsp3) is 0.625. The minimum absolute atomic E-state index is 0.141. The largest absolute Gasteiger partial charge is 0.394 e. The molecule has 1 aromatic rings. The second kappa shape index (κ2) is 6.29. The van der Waals surface area contributed by atoms with Crippen molar-refractivity contribution in [3.05, 3.63) is 29.8 Å². The van der Waals surface area contributed by atoms with Crippen molar-refractivity contribution in [3.8, 4) is 0 Å². The highest BCUT2D eigenvalue weighted by Crippen LogP contribution is 2.31. The lowest BCUT2D eigenvalue weighted by atomic mass is 9.97. The predicted molar refractivity (Wildman–Crippen MR) is 82.8 cm³/mol. The SMILES string of the molecule is Cc1ccc(SC(C)CC(C)(CO)NC2CC2)cc1. The lowest BCUT2D eigenvalue weighted by Gasteiger charge is -2.31. The Morgan fingerprint density at radius 3 is 2.53 bits per heavy atom. The standard InChI is InChI=1S/C16H25NOS/c1-12-4-8-15(9-5-12)19-13(2)10-16(3,11-18)17-14-6-7-14/h4-5,8-9,13-14,17-18H,6-7,10-11H2,1-3H3. The van der Waals surface area contributed by atoms with Gasteiger partial charge in [-0.05, 0) is 45.2 Å². The van der Waals surface area contributed by atoms with E-state index in [4.69, 9.17) is 0 Å². The van der Waals surface area contributed by atoms with Gasteiger partial charge in [0, 0.05) is 21.7 Å². The summed E-state index contributed by atoms with van der Waals surface area (Å²) in [6.07, 6.45) is 3.50. The summed E-state index contributed by atoms with van der Waals surface area (Å²) in [7, 11) is 0. The summed E-state index contributed by atoms with van der Waals surface area (Å²) in [6.45, 7) is 6.70.